The largest absolute Gasteiger partial charge is 0.373 e. The number of rotatable bonds is 4. The summed E-state index contributed by atoms with van der Waals surface area (Å²) >= 11 is 0. The Morgan fingerprint density at radius 3 is 2.57 bits per heavy atom. The molecule has 1 aromatic carbocycles. The van der Waals surface area contributed by atoms with Gasteiger partial charge < -0.3 is 15.0 Å². The first-order valence-electron chi connectivity index (χ1n) is 8.04. The standard InChI is InChI=1S/C17H23FN2O2.ClH/c18-14-10-16(19-11-14)17(21)20-8-6-15(7-9-20)22-12-13-4-2-1-3-5-13;/h1-5,14-16,19H,6-12H2;1H/t14-,16+;/m0./s1. The Bertz CT molecular complexity index is 495. The van der Waals surface area contributed by atoms with E-state index in [-0.39, 0.29) is 30.5 Å². The van der Waals surface area contributed by atoms with Crippen molar-refractivity contribution in [1.82, 2.24) is 10.2 Å². The number of nitrogens with zero attached hydrogens (tertiary/aromatic N) is 1. The minimum Gasteiger partial charge on any atom is -0.373 e. The van der Waals surface area contributed by atoms with Gasteiger partial charge >= 0.3 is 0 Å². The lowest BCUT2D eigenvalue weighted by molar-refractivity contribution is -0.136. The zero-order chi connectivity index (χ0) is 15.4. The van der Waals surface area contributed by atoms with E-state index in [1.165, 1.54) is 5.56 Å². The third-order valence-corrected chi connectivity index (χ3v) is 4.46. The van der Waals surface area contributed by atoms with Crippen LogP contribution in [0.1, 0.15) is 24.8 Å². The average Bonchev–Trinajstić information content (AvgIpc) is 3.00. The number of amides is 1. The van der Waals surface area contributed by atoms with Gasteiger partial charge in [0.05, 0.1) is 18.8 Å². The van der Waals surface area contributed by atoms with Gasteiger partial charge in [-0.05, 0) is 18.4 Å². The molecular weight excluding hydrogens is 319 g/mol. The molecule has 2 aliphatic heterocycles. The van der Waals surface area contributed by atoms with Gasteiger partial charge in [-0.15, -0.1) is 12.4 Å². The van der Waals surface area contributed by atoms with Gasteiger partial charge in [-0.2, -0.15) is 0 Å². The van der Waals surface area contributed by atoms with Crippen LogP contribution in [-0.2, 0) is 16.1 Å². The summed E-state index contributed by atoms with van der Waals surface area (Å²) in [6, 6.07) is 9.78. The maximum Gasteiger partial charge on any atom is 0.239 e. The number of alkyl halides is 1. The van der Waals surface area contributed by atoms with Gasteiger partial charge in [-0.1, -0.05) is 30.3 Å². The molecular formula is C17H24ClFN2O2. The minimum absolute atomic E-state index is 0. The fourth-order valence-corrected chi connectivity index (χ4v) is 3.13. The van der Waals surface area contributed by atoms with Crippen LogP contribution in [0.4, 0.5) is 4.39 Å². The molecule has 2 saturated heterocycles. The molecule has 1 aromatic rings. The first-order chi connectivity index (χ1) is 10.7. The zero-order valence-electron chi connectivity index (χ0n) is 13.1. The van der Waals surface area contributed by atoms with E-state index in [1.54, 1.807) is 0 Å². The fraction of sp³-hybridized carbons (Fsp3) is 0.588. The normalized spacial score (nSPS) is 25.2. The molecule has 2 heterocycles. The number of benzene rings is 1. The molecule has 3 rings (SSSR count). The Morgan fingerprint density at radius 1 is 1.26 bits per heavy atom. The predicted molar refractivity (Wildman–Crippen MR) is 89.4 cm³/mol. The van der Waals surface area contributed by atoms with Crippen LogP contribution in [0.15, 0.2) is 30.3 Å². The van der Waals surface area contributed by atoms with Crippen molar-refractivity contribution in [2.75, 3.05) is 19.6 Å². The summed E-state index contributed by atoms with van der Waals surface area (Å²) in [5, 5.41) is 2.96. The number of hydrogen-bond donors (Lipinski definition) is 1. The smallest absolute Gasteiger partial charge is 0.239 e. The number of carbonyl (C=O) groups excluding carboxylic acids is 1. The number of likely N-dealkylation sites (tertiary alicyclic amines) is 1. The van der Waals surface area contributed by atoms with Crippen LogP contribution in [-0.4, -0.2) is 48.8 Å². The number of ether oxygens (including phenoxy) is 1. The van der Waals surface area contributed by atoms with Crippen LogP contribution in [0.25, 0.3) is 0 Å². The Balaban J connectivity index is 0.00000192. The molecule has 0 unspecified atom stereocenters. The number of halogens is 2. The molecule has 0 bridgehead atoms. The highest BCUT2D eigenvalue weighted by Gasteiger charge is 2.33. The highest BCUT2D eigenvalue weighted by molar-refractivity contribution is 5.85. The van der Waals surface area contributed by atoms with E-state index in [0.29, 0.717) is 32.7 Å². The molecule has 2 fully saturated rings. The molecule has 0 radical (unpaired) electrons. The Morgan fingerprint density at radius 2 is 1.96 bits per heavy atom. The summed E-state index contributed by atoms with van der Waals surface area (Å²) in [6.07, 6.45) is 1.33. The van der Waals surface area contributed by atoms with Crippen molar-refractivity contribution < 1.29 is 13.9 Å². The second-order valence-electron chi connectivity index (χ2n) is 6.12. The van der Waals surface area contributed by atoms with Crippen LogP contribution >= 0.6 is 12.4 Å². The quantitative estimate of drug-likeness (QED) is 0.913. The molecule has 1 N–H and O–H groups in total. The van der Waals surface area contributed by atoms with Gasteiger partial charge in [-0.25, -0.2) is 4.39 Å². The van der Waals surface area contributed by atoms with Gasteiger partial charge in [0.15, 0.2) is 0 Å². The molecule has 128 valence electrons. The van der Waals surface area contributed by atoms with E-state index in [0.717, 1.165) is 12.8 Å². The van der Waals surface area contributed by atoms with E-state index in [4.69, 9.17) is 4.74 Å². The Labute approximate surface area is 142 Å². The van der Waals surface area contributed by atoms with Crippen molar-refractivity contribution in [1.29, 1.82) is 0 Å². The number of hydrogen-bond acceptors (Lipinski definition) is 3. The van der Waals surface area contributed by atoms with Gasteiger partial charge in [0.2, 0.25) is 5.91 Å². The summed E-state index contributed by atoms with van der Waals surface area (Å²) in [6.45, 7) is 2.32. The van der Waals surface area contributed by atoms with Crippen LogP contribution in [0.2, 0.25) is 0 Å². The molecule has 1 amide bonds. The topological polar surface area (TPSA) is 41.6 Å². The lowest BCUT2D eigenvalue weighted by Gasteiger charge is -2.33. The molecule has 4 nitrogen and oxygen atoms in total. The summed E-state index contributed by atoms with van der Waals surface area (Å²) < 4.78 is 19.1. The SMILES string of the molecule is Cl.O=C([C@H]1C[C@H](F)CN1)N1CCC(OCc2ccccc2)CC1. The van der Waals surface area contributed by atoms with Crippen molar-refractivity contribution in [2.24, 2.45) is 0 Å². The lowest BCUT2D eigenvalue weighted by atomic mass is 10.1. The van der Waals surface area contributed by atoms with Gasteiger partial charge in [0, 0.05) is 26.1 Å². The predicted octanol–water partition coefficient (Wildman–Crippen LogP) is 2.32. The average molecular weight is 343 g/mol. The van der Waals surface area contributed by atoms with Crippen molar-refractivity contribution in [3.8, 4) is 0 Å². The molecule has 0 aliphatic carbocycles. The van der Waals surface area contributed by atoms with E-state index in [1.807, 2.05) is 23.1 Å². The summed E-state index contributed by atoms with van der Waals surface area (Å²) in [4.78, 5) is 14.1. The fourth-order valence-electron chi connectivity index (χ4n) is 3.13. The van der Waals surface area contributed by atoms with Crippen molar-refractivity contribution >= 4 is 18.3 Å². The molecule has 0 saturated carbocycles. The van der Waals surface area contributed by atoms with Crippen LogP contribution in [0, 0.1) is 0 Å². The highest BCUT2D eigenvalue weighted by atomic mass is 35.5. The molecule has 0 spiro atoms. The summed E-state index contributed by atoms with van der Waals surface area (Å²) in [5.74, 6) is 0.0432. The van der Waals surface area contributed by atoms with E-state index < -0.39 is 6.17 Å². The molecule has 2 atom stereocenters. The maximum atomic E-state index is 13.2. The number of nitrogens with one attached hydrogen (secondary N) is 1. The van der Waals surface area contributed by atoms with Gasteiger partial charge in [0.25, 0.3) is 0 Å². The van der Waals surface area contributed by atoms with Gasteiger partial charge in [-0.3, -0.25) is 4.79 Å². The molecule has 2 aliphatic rings. The minimum atomic E-state index is -0.888. The zero-order valence-corrected chi connectivity index (χ0v) is 13.9. The van der Waals surface area contributed by atoms with Gasteiger partial charge in [0.1, 0.15) is 6.17 Å². The van der Waals surface area contributed by atoms with Crippen molar-refractivity contribution in [2.45, 2.75) is 44.2 Å². The first kappa shape index (κ1) is 18.2. The van der Waals surface area contributed by atoms with E-state index >= 15 is 0 Å². The van der Waals surface area contributed by atoms with Crippen molar-refractivity contribution in [3.63, 3.8) is 0 Å². The second-order valence-corrected chi connectivity index (χ2v) is 6.12. The van der Waals surface area contributed by atoms with Crippen LogP contribution in [0.5, 0.6) is 0 Å². The van der Waals surface area contributed by atoms with E-state index in [9.17, 15) is 9.18 Å². The van der Waals surface area contributed by atoms with E-state index in [2.05, 4.69) is 17.4 Å². The highest BCUT2D eigenvalue weighted by Crippen LogP contribution is 2.19. The Kier molecular flexibility index (Phi) is 6.81. The Hall–Kier alpha value is -1.17. The summed E-state index contributed by atoms with van der Waals surface area (Å²) in [7, 11) is 0. The number of piperidine rings is 1. The van der Waals surface area contributed by atoms with Crippen LogP contribution < -0.4 is 5.32 Å². The van der Waals surface area contributed by atoms with Crippen molar-refractivity contribution in [3.05, 3.63) is 35.9 Å². The third-order valence-electron chi connectivity index (χ3n) is 4.46. The molecule has 6 heteroatoms. The summed E-state index contributed by atoms with van der Waals surface area (Å²) in [5.41, 5.74) is 1.17. The number of carbonyl (C=O) groups is 1. The monoisotopic (exact) mass is 342 g/mol. The first-order valence-corrected chi connectivity index (χ1v) is 8.04. The van der Waals surface area contributed by atoms with Crippen LogP contribution in [0.3, 0.4) is 0 Å². The lowest BCUT2D eigenvalue weighted by Crippen LogP contribution is -2.48. The molecule has 23 heavy (non-hydrogen) atoms. The second kappa shape index (κ2) is 8.62. The third kappa shape index (κ3) is 4.90. The maximum absolute atomic E-state index is 13.2. The molecule has 0 aromatic heterocycles.